The topological polar surface area (TPSA) is 48.1 Å². The van der Waals surface area contributed by atoms with Crippen LogP contribution in [0.4, 0.5) is 0 Å². The Morgan fingerprint density at radius 2 is 1.76 bits per heavy atom. The molecule has 21 heavy (non-hydrogen) atoms. The van der Waals surface area contributed by atoms with E-state index in [9.17, 15) is 0 Å². The zero-order valence-corrected chi connectivity index (χ0v) is 12.0. The summed E-state index contributed by atoms with van der Waals surface area (Å²) in [4.78, 5) is 4.68. The van der Waals surface area contributed by atoms with E-state index in [1.807, 2.05) is 48.5 Å². The molecule has 1 heterocycles. The third kappa shape index (κ3) is 2.88. The number of hydrogen-bond donors (Lipinski definition) is 1. The number of hydrogen-bond acceptors (Lipinski definition) is 3. The Hall–Kier alpha value is -2.39. The van der Waals surface area contributed by atoms with Crippen molar-refractivity contribution < 1.29 is 4.74 Å². The van der Waals surface area contributed by atoms with Crippen LogP contribution in [0.5, 0.6) is 5.75 Å². The van der Waals surface area contributed by atoms with Crippen molar-refractivity contribution in [1.29, 1.82) is 0 Å². The molecule has 0 saturated heterocycles. The molecule has 106 valence electrons. The van der Waals surface area contributed by atoms with Crippen molar-refractivity contribution in [3.63, 3.8) is 0 Å². The Morgan fingerprint density at radius 1 is 1.00 bits per heavy atom. The Kier molecular flexibility index (Phi) is 3.84. The van der Waals surface area contributed by atoms with Gasteiger partial charge in [-0.3, -0.25) is 4.98 Å². The van der Waals surface area contributed by atoms with Gasteiger partial charge < -0.3 is 10.5 Å². The fraction of sp³-hybridized carbons (Fsp3) is 0.167. The molecule has 3 nitrogen and oxygen atoms in total. The second kappa shape index (κ2) is 5.94. The summed E-state index contributed by atoms with van der Waals surface area (Å²) in [5.41, 5.74) is 9.33. The highest BCUT2D eigenvalue weighted by atomic mass is 16.5. The van der Waals surface area contributed by atoms with E-state index in [0.29, 0.717) is 6.42 Å². The van der Waals surface area contributed by atoms with Crippen LogP contribution in [0.25, 0.3) is 10.9 Å². The highest BCUT2D eigenvalue weighted by Gasteiger charge is 2.12. The van der Waals surface area contributed by atoms with E-state index in [1.54, 1.807) is 7.11 Å². The first-order valence-corrected chi connectivity index (χ1v) is 7.01. The van der Waals surface area contributed by atoms with E-state index in [-0.39, 0.29) is 6.04 Å². The van der Waals surface area contributed by atoms with Gasteiger partial charge in [-0.05, 0) is 18.2 Å². The Bertz CT molecular complexity index is 755. The van der Waals surface area contributed by atoms with Crippen molar-refractivity contribution in [2.75, 3.05) is 7.11 Å². The van der Waals surface area contributed by atoms with Gasteiger partial charge in [-0.25, -0.2) is 0 Å². The van der Waals surface area contributed by atoms with Crippen molar-refractivity contribution in [2.45, 2.75) is 12.5 Å². The predicted molar refractivity (Wildman–Crippen MR) is 85.4 cm³/mol. The maximum absolute atomic E-state index is 6.33. The zero-order valence-electron chi connectivity index (χ0n) is 12.0. The predicted octanol–water partition coefficient (Wildman–Crippen LogP) is 3.49. The molecule has 2 aromatic carbocycles. The molecule has 0 radical (unpaired) electrons. The van der Waals surface area contributed by atoms with Gasteiger partial charge in [0.05, 0.1) is 12.6 Å². The Labute approximate surface area is 124 Å². The number of methoxy groups -OCH3 is 1. The first-order chi connectivity index (χ1) is 10.3. The number of benzene rings is 2. The summed E-state index contributed by atoms with van der Waals surface area (Å²) in [6.45, 7) is 0. The second-order valence-electron chi connectivity index (χ2n) is 5.05. The van der Waals surface area contributed by atoms with Crippen molar-refractivity contribution >= 4 is 10.9 Å². The molecule has 1 unspecified atom stereocenters. The number of pyridine rings is 1. The zero-order chi connectivity index (χ0) is 14.7. The highest BCUT2D eigenvalue weighted by Crippen LogP contribution is 2.25. The molecule has 0 bridgehead atoms. The normalized spacial score (nSPS) is 12.3. The number of rotatable bonds is 4. The van der Waals surface area contributed by atoms with Crippen molar-refractivity contribution in [3.05, 3.63) is 71.9 Å². The molecule has 0 aliphatic rings. The average Bonchev–Trinajstić information content (AvgIpc) is 2.54. The fourth-order valence-corrected chi connectivity index (χ4v) is 2.53. The quantitative estimate of drug-likeness (QED) is 0.794. The minimum atomic E-state index is -0.130. The molecule has 3 rings (SSSR count). The lowest BCUT2D eigenvalue weighted by molar-refractivity contribution is 0.405. The van der Waals surface area contributed by atoms with Crippen LogP contribution in [0.15, 0.2) is 60.7 Å². The molecule has 0 amide bonds. The first-order valence-electron chi connectivity index (χ1n) is 7.01. The monoisotopic (exact) mass is 278 g/mol. The molecular formula is C18H18N2O. The number of ether oxygens (including phenoxy) is 1. The molecular weight excluding hydrogens is 260 g/mol. The molecule has 0 spiro atoms. The summed E-state index contributed by atoms with van der Waals surface area (Å²) in [6, 6.07) is 20.0. The molecule has 0 fully saturated rings. The van der Waals surface area contributed by atoms with Gasteiger partial charge in [0.2, 0.25) is 0 Å². The van der Waals surface area contributed by atoms with Crippen LogP contribution in [0.1, 0.15) is 17.3 Å². The molecule has 3 heteroatoms. The molecule has 0 aliphatic carbocycles. The molecule has 0 aliphatic heterocycles. The Balaban J connectivity index is 1.87. The van der Waals surface area contributed by atoms with Gasteiger partial charge in [-0.15, -0.1) is 0 Å². The van der Waals surface area contributed by atoms with Gasteiger partial charge in [0.1, 0.15) is 5.75 Å². The second-order valence-corrected chi connectivity index (χ2v) is 5.05. The number of fused-ring (bicyclic) bond motifs is 1. The van der Waals surface area contributed by atoms with E-state index in [1.165, 1.54) is 0 Å². The van der Waals surface area contributed by atoms with Gasteiger partial charge in [-0.1, -0.05) is 42.5 Å². The summed E-state index contributed by atoms with van der Waals surface area (Å²) in [6.07, 6.45) is 0.686. The van der Waals surface area contributed by atoms with Crippen LogP contribution in [0.2, 0.25) is 0 Å². The lowest BCUT2D eigenvalue weighted by atomic mass is 10.0. The van der Waals surface area contributed by atoms with Crippen LogP contribution < -0.4 is 10.5 Å². The van der Waals surface area contributed by atoms with E-state index >= 15 is 0 Å². The number of nitrogens with zero attached hydrogens (tertiary/aromatic N) is 1. The minimum Gasteiger partial charge on any atom is -0.496 e. The molecule has 1 atom stereocenters. The minimum absolute atomic E-state index is 0.130. The Morgan fingerprint density at radius 3 is 2.62 bits per heavy atom. The maximum Gasteiger partial charge on any atom is 0.123 e. The van der Waals surface area contributed by atoms with Gasteiger partial charge in [0, 0.05) is 29.1 Å². The lowest BCUT2D eigenvalue weighted by Gasteiger charge is -2.15. The molecule has 3 aromatic rings. The number of nitrogens with two attached hydrogens (primary N) is 1. The molecule has 2 N–H and O–H groups in total. The lowest BCUT2D eigenvalue weighted by Crippen LogP contribution is -2.15. The van der Waals surface area contributed by atoms with Crippen molar-refractivity contribution in [3.8, 4) is 5.75 Å². The van der Waals surface area contributed by atoms with Gasteiger partial charge in [0.25, 0.3) is 0 Å². The molecule has 0 saturated carbocycles. The van der Waals surface area contributed by atoms with E-state index in [4.69, 9.17) is 10.5 Å². The average molecular weight is 278 g/mol. The van der Waals surface area contributed by atoms with Crippen LogP contribution >= 0.6 is 0 Å². The third-order valence-corrected chi connectivity index (χ3v) is 3.62. The van der Waals surface area contributed by atoms with E-state index < -0.39 is 0 Å². The molecule has 1 aromatic heterocycles. The van der Waals surface area contributed by atoms with Gasteiger partial charge in [-0.2, -0.15) is 0 Å². The third-order valence-electron chi connectivity index (χ3n) is 3.62. The highest BCUT2D eigenvalue weighted by molar-refractivity contribution is 5.78. The van der Waals surface area contributed by atoms with Gasteiger partial charge in [0.15, 0.2) is 0 Å². The van der Waals surface area contributed by atoms with Crippen molar-refractivity contribution in [1.82, 2.24) is 4.98 Å². The van der Waals surface area contributed by atoms with E-state index in [2.05, 4.69) is 17.1 Å². The van der Waals surface area contributed by atoms with Crippen LogP contribution in [0, 0.1) is 0 Å². The van der Waals surface area contributed by atoms with Crippen LogP contribution in [-0.2, 0) is 6.42 Å². The SMILES string of the molecule is COc1ccccc1C(N)Cc1ccc2ccccc2n1. The van der Waals surface area contributed by atoms with Crippen LogP contribution in [-0.4, -0.2) is 12.1 Å². The summed E-state index contributed by atoms with van der Waals surface area (Å²) in [5, 5.41) is 1.15. The van der Waals surface area contributed by atoms with Crippen molar-refractivity contribution in [2.24, 2.45) is 5.73 Å². The first kappa shape index (κ1) is 13.6. The van der Waals surface area contributed by atoms with Crippen LogP contribution in [0.3, 0.4) is 0 Å². The maximum atomic E-state index is 6.33. The fourth-order valence-electron chi connectivity index (χ4n) is 2.53. The smallest absolute Gasteiger partial charge is 0.123 e. The summed E-state index contributed by atoms with van der Waals surface area (Å²) < 4.78 is 5.37. The van der Waals surface area contributed by atoms with E-state index in [0.717, 1.165) is 27.9 Å². The number of para-hydroxylation sites is 2. The summed E-state index contributed by atoms with van der Waals surface area (Å²) in [5.74, 6) is 0.825. The summed E-state index contributed by atoms with van der Waals surface area (Å²) in [7, 11) is 1.67. The summed E-state index contributed by atoms with van der Waals surface area (Å²) >= 11 is 0. The van der Waals surface area contributed by atoms with Gasteiger partial charge >= 0.3 is 0 Å². The largest absolute Gasteiger partial charge is 0.496 e. The standard InChI is InChI=1S/C18H18N2O/c1-21-18-9-5-3-7-15(18)16(19)12-14-11-10-13-6-2-4-8-17(13)20-14/h2-11,16H,12,19H2,1H3. The number of aromatic nitrogens is 1.